The first kappa shape index (κ1) is 21.7. The van der Waals surface area contributed by atoms with Crippen LogP contribution >= 0.6 is 16.8 Å². The van der Waals surface area contributed by atoms with Gasteiger partial charge in [0.2, 0.25) is 0 Å². The molecular formula is C14H33NO4P2. The minimum atomic E-state index is -2.15. The van der Waals surface area contributed by atoms with E-state index in [0.29, 0.717) is 6.54 Å². The van der Waals surface area contributed by atoms with Crippen LogP contribution in [0.2, 0.25) is 0 Å². The molecule has 7 heteroatoms. The van der Waals surface area contributed by atoms with Gasteiger partial charge in [-0.25, -0.2) is 0 Å². The third-order valence-electron chi connectivity index (χ3n) is 3.53. The normalized spacial score (nSPS) is 13.3. The van der Waals surface area contributed by atoms with Crippen molar-refractivity contribution in [2.24, 2.45) is 0 Å². The highest BCUT2D eigenvalue weighted by Gasteiger charge is 2.20. The monoisotopic (exact) mass is 341 g/mol. The van der Waals surface area contributed by atoms with E-state index in [4.69, 9.17) is 19.6 Å². The lowest BCUT2D eigenvalue weighted by Gasteiger charge is -2.19. The molecule has 0 saturated carbocycles. The molecule has 0 bridgehead atoms. The Hall–Kier alpha value is 0.660. The van der Waals surface area contributed by atoms with Crippen LogP contribution in [-0.2, 0) is 0 Å². The summed E-state index contributed by atoms with van der Waals surface area (Å²) < 4.78 is 0. The standard InChI is InChI=1S/C14H33NO4P2/c1-2-3-4-5-6-7-8-9-10-11-12-15-14(21(18)19)13-20(16)17/h14-19H,2-13H2,1H3. The smallest absolute Gasteiger partial charge is 0.183 e. The van der Waals surface area contributed by atoms with E-state index in [-0.39, 0.29) is 6.16 Å². The van der Waals surface area contributed by atoms with Crippen LogP contribution in [0.15, 0.2) is 0 Å². The molecule has 21 heavy (non-hydrogen) atoms. The molecule has 0 aliphatic heterocycles. The summed E-state index contributed by atoms with van der Waals surface area (Å²) in [6.45, 7) is 2.93. The number of hydrogen-bond acceptors (Lipinski definition) is 5. The zero-order chi connectivity index (χ0) is 15.9. The molecule has 0 aliphatic rings. The predicted molar refractivity (Wildman–Crippen MR) is 91.2 cm³/mol. The Kier molecular flexibility index (Phi) is 16.0. The zero-order valence-electron chi connectivity index (χ0n) is 13.2. The molecule has 0 aliphatic carbocycles. The van der Waals surface area contributed by atoms with Gasteiger partial charge in [0, 0.05) is 6.16 Å². The van der Waals surface area contributed by atoms with Crippen molar-refractivity contribution in [2.75, 3.05) is 12.7 Å². The average Bonchev–Trinajstić information content (AvgIpc) is 2.42. The molecule has 0 heterocycles. The Labute approximate surface area is 132 Å². The second kappa shape index (κ2) is 15.6. The SMILES string of the molecule is CCCCCCCCCCCCNC(CP(O)O)P(O)O. The van der Waals surface area contributed by atoms with E-state index >= 15 is 0 Å². The quantitative estimate of drug-likeness (QED) is 0.232. The lowest BCUT2D eigenvalue weighted by atomic mass is 10.1. The van der Waals surface area contributed by atoms with E-state index in [9.17, 15) is 0 Å². The van der Waals surface area contributed by atoms with Gasteiger partial charge in [-0.15, -0.1) is 0 Å². The van der Waals surface area contributed by atoms with Gasteiger partial charge >= 0.3 is 0 Å². The minimum absolute atomic E-state index is 0.0196. The van der Waals surface area contributed by atoms with Crippen molar-refractivity contribution in [3.63, 3.8) is 0 Å². The fourth-order valence-electron chi connectivity index (χ4n) is 2.26. The fourth-order valence-corrected chi connectivity index (χ4v) is 4.01. The van der Waals surface area contributed by atoms with E-state index in [0.717, 1.165) is 12.8 Å². The van der Waals surface area contributed by atoms with Crippen LogP contribution in [0.4, 0.5) is 0 Å². The van der Waals surface area contributed by atoms with Gasteiger partial charge in [-0.3, -0.25) is 0 Å². The summed E-state index contributed by atoms with van der Waals surface area (Å²) in [4.78, 5) is 36.2. The van der Waals surface area contributed by atoms with Crippen molar-refractivity contribution in [3.05, 3.63) is 0 Å². The number of nitrogens with one attached hydrogen (secondary N) is 1. The van der Waals surface area contributed by atoms with Crippen molar-refractivity contribution in [1.82, 2.24) is 5.32 Å². The maximum Gasteiger partial charge on any atom is 0.183 e. The highest BCUT2D eigenvalue weighted by molar-refractivity contribution is 7.50. The lowest BCUT2D eigenvalue weighted by molar-refractivity contribution is 0.435. The van der Waals surface area contributed by atoms with E-state index < -0.39 is 22.5 Å². The van der Waals surface area contributed by atoms with E-state index in [2.05, 4.69) is 12.2 Å². The van der Waals surface area contributed by atoms with E-state index in [1.54, 1.807) is 0 Å². The Morgan fingerprint density at radius 3 is 1.67 bits per heavy atom. The van der Waals surface area contributed by atoms with Crippen molar-refractivity contribution >= 4 is 16.8 Å². The van der Waals surface area contributed by atoms with Crippen LogP contribution in [0.1, 0.15) is 71.1 Å². The third kappa shape index (κ3) is 15.3. The molecule has 0 rings (SSSR count). The van der Waals surface area contributed by atoms with Gasteiger partial charge < -0.3 is 24.9 Å². The summed E-state index contributed by atoms with van der Waals surface area (Å²) in [6, 6.07) is 0. The molecule has 0 saturated heterocycles. The predicted octanol–water partition coefficient (Wildman–Crippen LogP) is 3.42. The Morgan fingerprint density at radius 1 is 0.762 bits per heavy atom. The van der Waals surface area contributed by atoms with E-state index in [1.165, 1.54) is 51.4 Å². The van der Waals surface area contributed by atoms with Crippen LogP contribution in [0, 0.1) is 0 Å². The highest BCUT2D eigenvalue weighted by atomic mass is 31.2. The maximum absolute atomic E-state index is 9.17. The molecule has 128 valence electrons. The van der Waals surface area contributed by atoms with Gasteiger partial charge in [-0.1, -0.05) is 64.7 Å². The Bertz CT molecular complexity index is 221. The second-order valence-electron chi connectivity index (χ2n) is 5.53. The topological polar surface area (TPSA) is 93.0 Å². The summed E-state index contributed by atoms with van der Waals surface area (Å²) in [7, 11) is -4.23. The lowest BCUT2D eigenvalue weighted by Crippen LogP contribution is -2.31. The average molecular weight is 341 g/mol. The second-order valence-corrected chi connectivity index (χ2v) is 7.90. The van der Waals surface area contributed by atoms with Crippen molar-refractivity contribution in [1.29, 1.82) is 0 Å². The molecule has 0 aromatic carbocycles. The third-order valence-corrected chi connectivity index (χ3v) is 5.43. The molecule has 0 aromatic heterocycles. The van der Waals surface area contributed by atoms with Gasteiger partial charge in [-0.2, -0.15) is 0 Å². The van der Waals surface area contributed by atoms with Crippen LogP contribution in [0.25, 0.3) is 0 Å². The number of rotatable bonds is 15. The largest absolute Gasteiger partial charge is 0.350 e. The van der Waals surface area contributed by atoms with Gasteiger partial charge in [0.25, 0.3) is 0 Å². The van der Waals surface area contributed by atoms with Gasteiger partial charge in [-0.05, 0) is 13.0 Å². The Balaban J connectivity index is 3.34. The van der Waals surface area contributed by atoms with Crippen LogP contribution in [0.3, 0.4) is 0 Å². The van der Waals surface area contributed by atoms with Crippen LogP contribution in [-0.4, -0.2) is 38.1 Å². The first-order valence-corrected chi connectivity index (χ1v) is 10.9. The number of unbranched alkanes of at least 4 members (excludes halogenated alkanes) is 9. The molecule has 1 atom stereocenters. The Morgan fingerprint density at radius 2 is 1.24 bits per heavy atom. The molecular weight excluding hydrogens is 308 g/mol. The van der Waals surface area contributed by atoms with Crippen LogP contribution < -0.4 is 5.32 Å². The summed E-state index contributed by atoms with van der Waals surface area (Å²) in [6.07, 6.45) is 12.7. The first-order chi connectivity index (χ1) is 10.1. The molecule has 5 nitrogen and oxygen atoms in total. The van der Waals surface area contributed by atoms with Crippen molar-refractivity contribution in [2.45, 2.75) is 76.9 Å². The van der Waals surface area contributed by atoms with Crippen molar-refractivity contribution < 1.29 is 19.6 Å². The zero-order valence-corrected chi connectivity index (χ0v) is 15.0. The van der Waals surface area contributed by atoms with Crippen LogP contribution in [0.5, 0.6) is 0 Å². The molecule has 1 unspecified atom stereocenters. The number of hydrogen-bond donors (Lipinski definition) is 5. The minimum Gasteiger partial charge on any atom is -0.350 e. The van der Waals surface area contributed by atoms with Crippen molar-refractivity contribution in [3.8, 4) is 0 Å². The molecule has 0 aromatic rings. The molecule has 0 radical (unpaired) electrons. The van der Waals surface area contributed by atoms with Gasteiger partial charge in [0.1, 0.15) is 0 Å². The summed E-state index contributed by atoms with van der Waals surface area (Å²) >= 11 is 0. The first-order valence-electron chi connectivity index (χ1n) is 8.13. The molecule has 0 spiro atoms. The molecule has 0 fully saturated rings. The summed E-state index contributed by atoms with van der Waals surface area (Å²) in [5, 5.41) is 3.00. The summed E-state index contributed by atoms with van der Waals surface area (Å²) in [5.41, 5.74) is 0. The molecule has 0 amide bonds. The van der Waals surface area contributed by atoms with E-state index in [1.807, 2.05) is 0 Å². The van der Waals surface area contributed by atoms with Gasteiger partial charge in [0.15, 0.2) is 16.8 Å². The molecule has 5 N–H and O–H groups in total. The highest BCUT2D eigenvalue weighted by Crippen LogP contribution is 2.36. The summed E-state index contributed by atoms with van der Waals surface area (Å²) in [5.74, 6) is -0.584. The van der Waals surface area contributed by atoms with Gasteiger partial charge in [0.05, 0.1) is 5.78 Å². The maximum atomic E-state index is 9.17. The fraction of sp³-hybridized carbons (Fsp3) is 1.00.